The monoisotopic (exact) mass is 369 g/mol. The number of amides is 1. The molecule has 6 nitrogen and oxygen atoms in total. The second-order valence-corrected chi connectivity index (χ2v) is 7.96. The maximum absolute atomic E-state index is 12.6. The van der Waals surface area contributed by atoms with Crippen LogP contribution in [0.25, 0.3) is 6.08 Å². The molecule has 1 aromatic carbocycles. The Morgan fingerprint density at radius 3 is 2.77 bits per heavy atom. The first-order valence-electron chi connectivity index (χ1n) is 8.66. The molecule has 0 fully saturated rings. The molecule has 1 aliphatic heterocycles. The molecular formula is C19H19N3O3S. The van der Waals surface area contributed by atoms with Gasteiger partial charge in [0.05, 0.1) is 10.5 Å². The normalized spacial score (nSPS) is 21.7. The number of fused-ring (bicyclic) bond motifs is 3. The molecule has 0 spiro atoms. The zero-order valence-corrected chi connectivity index (χ0v) is 15.1. The molecule has 2 atom stereocenters. The van der Waals surface area contributed by atoms with Crippen LogP contribution in [0.3, 0.4) is 0 Å². The maximum Gasteiger partial charge on any atom is 0.269 e. The van der Waals surface area contributed by atoms with Gasteiger partial charge in [-0.15, -0.1) is 11.3 Å². The fourth-order valence-corrected chi connectivity index (χ4v) is 4.94. The number of benzene rings is 1. The fraction of sp³-hybridized carbons (Fsp3) is 0.316. The molecule has 2 aromatic rings. The highest BCUT2D eigenvalue weighted by molar-refractivity contribution is 7.16. The van der Waals surface area contributed by atoms with Gasteiger partial charge in [-0.05, 0) is 54.5 Å². The van der Waals surface area contributed by atoms with Crippen LogP contribution in [0.4, 0.5) is 10.7 Å². The lowest BCUT2D eigenvalue weighted by molar-refractivity contribution is -0.384. The van der Waals surface area contributed by atoms with Gasteiger partial charge in [0.15, 0.2) is 0 Å². The Balaban J connectivity index is 1.52. The average Bonchev–Trinajstić information content (AvgIpc) is 2.98. The van der Waals surface area contributed by atoms with E-state index in [4.69, 9.17) is 0 Å². The maximum atomic E-state index is 12.6. The van der Waals surface area contributed by atoms with Gasteiger partial charge in [0.25, 0.3) is 11.6 Å². The van der Waals surface area contributed by atoms with E-state index in [-0.39, 0.29) is 17.8 Å². The summed E-state index contributed by atoms with van der Waals surface area (Å²) in [6, 6.07) is 6.32. The number of thiophene rings is 1. The number of nitro groups is 1. The van der Waals surface area contributed by atoms with E-state index in [1.807, 2.05) is 12.2 Å². The van der Waals surface area contributed by atoms with Crippen molar-refractivity contribution in [2.75, 3.05) is 5.32 Å². The highest BCUT2D eigenvalue weighted by Gasteiger charge is 2.31. The molecule has 2 aliphatic rings. The van der Waals surface area contributed by atoms with Crippen LogP contribution in [-0.4, -0.2) is 17.0 Å². The summed E-state index contributed by atoms with van der Waals surface area (Å²) in [5.41, 5.74) is 2.94. The van der Waals surface area contributed by atoms with Crippen molar-refractivity contribution in [3.63, 3.8) is 0 Å². The second-order valence-electron chi connectivity index (χ2n) is 6.86. The summed E-state index contributed by atoms with van der Waals surface area (Å²) in [5.74, 6) is 0.646. The van der Waals surface area contributed by atoms with Crippen molar-refractivity contribution in [2.45, 2.75) is 32.4 Å². The molecule has 1 aliphatic carbocycles. The minimum Gasteiger partial charge on any atom is -0.353 e. The standard InChI is InChI=1S/C19H19N3O3S/c1-11-2-8-14-15(10-11)26-19-17(14)18(23)20-16(21-19)9-5-12-3-6-13(7-4-12)22(24)25/h3-7,9,11,16,21H,2,8,10H2,1H3,(H,20,23). The van der Waals surface area contributed by atoms with Crippen LogP contribution in [0.1, 0.15) is 39.7 Å². The van der Waals surface area contributed by atoms with E-state index in [9.17, 15) is 14.9 Å². The van der Waals surface area contributed by atoms with Crippen LogP contribution in [-0.2, 0) is 12.8 Å². The molecule has 7 heteroatoms. The average molecular weight is 369 g/mol. The summed E-state index contributed by atoms with van der Waals surface area (Å²) in [5, 5.41) is 18.0. The Morgan fingerprint density at radius 1 is 1.27 bits per heavy atom. The van der Waals surface area contributed by atoms with Crippen LogP contribution in [0.5, 0.6) is 0 Å². The number of hydrogen-bond acceptors (Lipinski definition) is 5. The van der Waals surface area contributed by atoms with E-state index in [1.165, 1.54) is 22.6 Å². The van der Waals surface area contributed by atoms with Gasteiger partial charge in [0.2, 0.25) is 0 Å². The molecule has 2 unspecified atom stereocenters. The largest absolute Gasteiger partial charge is 0.353 e. The van der Waals surface area contributed by atoms with Gasteiger partial charge >= 0.3 is 0 Å². The molecule has 0 bridgehead atoms. The van der Waals surface area contributed by atoms with Crippen LogP contribution in [0.2, 0.25) is 0 Å². The Bertz CT molecular complexity index is 901. The third-order valence-corrected chi connectivity index (χ3v) is 6.08. The van der Waals surface area contributed by atoms with Gasteiger partial charge in [-0.1, -0.05) is 13.0 Å². The molecule has 1 amide bonds. The second kappa shape index (κ2) is 6.57. The van der Waals surface area contributed by atoms with E-state index in [0.717, 1.165) is 35.4 Å². The number of anilines is 1. The minimum atomic E-state index is -0.419. The van der Waals surface area contributed by atoms with Crippen LogP contribution >= 0.6 is 11.3 Å². The zero-order valence-electron chi connectivity index (χ0n) is 14.3. The Hall–Kier alpha value is -2.67. The van der Waals surface area contributed by atoms with Crippen LogP contribution in [0, 0.1) is 16.0 Å². The summed E-state index contributed by atoms with van der Waals surface area (Å²) in [6.07, 6.45) is 6.58. The molecule has 26 heavy (non-hydrogen) atoms. The Kier molecular flexibility index (Phi) is 4.24. The van der Waals surface area contributed by atoms with Crippen LogP contribution in [0.15, 0.2) is 30.3 Å². The third kappa shape index (κ3) is 3.10. The number of carbonyl (C=O) groups is 1. The summed E-state index contributed by atoms with van der Waals surface area (Å²) in [7, 11) is 0. The zero-order chi connectivity index (χ0) is 18.3. The van der Waals surface area contributed by atoms with Crippen molar-refractivity contribution >= 4 is 34.0 Å². The number of rotatable bonds is 3. The van der Waals surface area contributed by atoms with Crippen molar-refractivity contribution < 1.29 is 9.72 Å². The van der Waals surface area contributed by atoms with E-state index in [0.29, 0.717) is 5.92 Å². The summed E-state index contributed by atoms with van der Waals surface area (Å²) in [6.45, 7) is 2.25. The van der Waals surface area contributed by atoms with Crippen molar-refractivity contribution in [3.05, 3.63) is 62.0 Å². The number of hydrogen-bond donors (Lipinski definition) is 2. The van der Waals surface area contributed by atoms with Gasteiger partial charge < -0.3 is 10.6 Å². The quantitative estimate of drug-likeness (QED) is 0.633. The number of nitrogens with zero attached hydrogens (tertiary/aromatic N) is 1. The number of carbonyl (C=O) groups excluding carboxylic acids is 1. The molecule has 0 saturated heterocycles. The predicted octanol–water partition coefficient (Wildman–Crippen LogP) is 3.98. The summed E-state index contributed by atoms with van der Waals surface area (Å²) < 4.78 is 0. The Morgan fingerprint density at radius 2 is 2.04 bits per heavy atom. The molecule has 4 rings (SSSR count). The number of non-ortho nitro benzene ring substituents is 1. The Labute approximate surface area is 155 Å². The van der Waals surface area contributed by atoms with Gasteiger partial charge in [-0.25, -0.2) is 0 Å². The summed E-state index contributed by atoms with van der Waals surface area (Å²) >= 11 is 1.70. The van der Waals surface area contributed by atoms with Gasteiger partial charge in [-0.2, -0.15) is 0 Å². The van der Waals surface area contributed by atoms with E-state index in [2.05, 4.69) is 17.6 Å². The first kappa shape index (κ1) is 16.8. The smallest absolute Gasteiger partial charge is 0.269 e. The SMILES string of the molecule is CC1CCc2c(sc3c2C(=O)NC(C=Cc2ccc([N+](=O)[O-])cc2)N3)C1. The molecule has 0 saturated carbocycles. The van der Waals surface area contributed by atoms with Crippen molar-refractivity contribution in [3.8, 4) is 0 Å². The first-order chi connectivity index (χ1) is 12.5. The molecule has 134 valence electrons. The predicted molar refractivity (Wildman–Crippen MR) is 103 cm³/mol. The van der Waals surface area contributed by atoms with E-state index in [1.54, 1.807) is 23.5 Å². The van der Waals surface area contributed by atoms with Crippen molar-refractivity contribution in [1.82, 2.24) is 5.32 Å². The molecule has 0 radical (unpaired) electrons. The van der Waals surface area contributed by atoms with Gasteiger partial charge in [-0.3, -0.25) is 14.9 Å². The topological polar surface area (TPSA) is 84.3 Å². The van der Waals surface area contributed by atoms with Gasteiger partial charge in [0, 0.05) is 17.0 Å². The summed E-state index contributed by atoms with van der Waals surface area (Å²) in [4.78, 5) is 24.2. The number of nitro benzene ring substituents is 1. The lowest BCUT2D eigenvalue weighted by Crippen LogP contribution is -2.43. The highest BCUT2D eigenvalue weighted by Crippen LogP contribution is 2.41. The van der Waals surface area contributed by atoms with E-state index < -0.39 is 4.92 Å². The van der Waals surface area contributed by atoms with Gasteiger partial charge in [0.1, 0.15) is 11.2 Å². The molecule has 1 aromatic heterocycles. The molecular weight excluding hydrogens is 350 g/mol. The lowest BCUT2D eigenvalue weighted by Gasteiger charge is -2.24. The van der Waals surface area contributed by atoms with Crippen molar-refractivity contribution in [1.29, 1.82) is 0 Å². The molecule has 2 N–H and O–H groups in total. The third-order valence-electron chi connectivity index (χ3n) is 4.90. The lowest BCUT2D eigenvalue weighted by atomic mass is 9.88. The van der Waals surface area contributed by atoms with Crippen LogP contribution < -0.4 is 10.6 Å². The fourth-order valence-electron chi connectivity index (χ4n) is 3.49. The highest BCUT2D eigenvalue weighted by atomic mass is 32.1. The van der Waals surface area contributed by atoms with E-state index >= 15 is 0 Å². The number of nitrogens with one attached hydrogen (secondary N) is 2. The minimum absolute atomic E-state index is 0.0239. The van der Waals surface area contributed by atoms with Crippen molar-refractivity contribution in [2.24, 2.45) is 5.92 Å². The molecule has 2 heterocycles. The first-order valence-corrected chi connectivity index (χ1v) is 9.47.